The Bertz CT molecular complexity index is 1150. The summed E-state index contributed by atoms with van der Waals surface area (Å²) in [6.45, 7) is 8.45. The lowest BCUT2D eigenvalue weighted by Gasteiger charge is -2.13. The Hall–Kier alpha value is -3.33. The number of rotatable bonds is 9. The topological polar surface area (TPSA) is 64.3 Å². The number of aryl methyl sites for hydroxylation is 1. The van der Waals surface area contributed by atoms with Crippen molar-refractivity contribution < 1.29 is 19.0 Å². The third-order valence-electron chi connectivity index (χ3n) is 5.39. The Balaban J connectivity index is 1.80. The number of aliphatic carboxylic acids is 1. The van der Waals surface area contributed by atoms with Gasteiger partial charge in [0, 0.05) is 11.9 Å². The lowest BCUT2D eigenvalue weighted by atomic mass is 9.96. The van der Waals surface area contributed by atoms with Gasteiger partial charge in [-0.1, -0.05) is 44.0 Å². The molecule has 32 heavy (non-hydrogen) atoms. The van der Waals surface area contributed by atoms with E-state index in [0.717, 1.165) is 34.1 Å². The normalized spacial score (nSPS) is 11.9. The second-order valence-electron chi connectivity index (χ2n) is 8.30. The minimum Gasteiger partial charge on any atom is -0.489 e. The average Bonchev–Trinajstić information content (AvgIpc) is 3.10. The van der Waals surface area contributed by atoms with Gasteiger partial charge in [0.2, 0.25) is 0 Å². The van der Waals surface area contributed by atoms with Crippen molar-refractivity contribution in [3.8, 4) is 17.6 Å². The molecule has 0 fully saturated rings. The van der Waals surface area contributed by atoms with Crippen molar-refractivity contribution in [1.82, 2.24) is 9.78 Å². The Labute approximate surface area is 188 Å². The average molecular weight is 437 g/mol. The maximum Gasteiger partial charge on any atom is 0.304 e. The molecule has 0 aliphatic carbocycles. The van der Waals surface area contributed by atoms with E-state index in [1.54, 1.807) is 6.92 Å². The molecule has 1 unspecified atom stereocenters. The van der Waals surface area contributed by atoms with E-state index >= 15 is 0 Å². The van der Waals surface area contributed by atoms with E-state index in [1.165, 1.54) is 0 Å². The van der Waals surface area contributed by atoms with Crippen LogP contribution in [-0.2, 0) is 24.6 Å². The molecule has 0 bridgehead atoms. The van der Waals surface area contributed by atoms with Crippen LogP contribution >= 0.6 is 0 Å². The molecule has 1 aromatic heterocycles. The molecule has 0 saturated carbocycles. The highest BCUT2D eigenvalue weighted by molar-refractivity contribution is 5.86. The Morgan fingerprint density at radius 3 is 2.53 bits per heavy atom. The van der Waals surface area contributed by atoms with E-state index in [4.69, 9.17) is 9.84 Å². The fourth-order valence-corrected chi connectivity index (χ4v) is 3.85. The summed E-state index contributed by atoms with van der Waals surface area (Å²) in [5.41, 5.74) is 4.32. The predicted octanol–water partition coefficient (Wildman–Crippen LogP) is 5.63. The Morgan fingerprint density at radius 1 is 1.22 bits per heavy atom. The van der Waals surface area contributed by atoms with Gasteiger partial charge in [-0.25, -0.2) is 4.39 Å². The first-order valence-electron chi connectivity index (χ1n) is 10.7. The molecule has 3 rings (SSSR count). The van der Waals surface area contributed by atoms with E-state index in [9.17, 15) is 9.18 Å². The number of hydrogen-bond donors (Lipinski definition) is 1. The van der Waals surface area contributed by atoms with Crippen LogP contribution in [0.5, 0.6) is 5.75 Å². The zero-order valence-electron chi connectivity index (χ0n) is 19.0. The number of benzene rings is 2. The van der Waals surface area contributed by atoms with Gasteiger partial charge >= 0.3 is 5.97 Å². The largest absolute Gasteiger partial charge is 0.489 e. The molecule has 0 aliphatic heterocycles. The van der Waals surface area contributed by atoms with Gasteiger partial charge in [-0.2, -0.15) is 5.10 Å². The zero-order valence-corrected chi connectivity index (χ0v) is 19.0. The SMILES string of the molecule is CC#CC(CC(=O)O)c1ccc(OCc2ccc3c(CF)nn(CC(C)C)c3c2C)cc1. The summed E-state index contributed by atoms with van der Waals surface area (Å²) in [7, 11) is 0. The van der Waals surface area contributed by atoms with Crippen LogP contribution in [0.3, 0.4) is 0 Å². The second kappa shape index (κ2) is 10.3. The van der Waals surface area contributed by atoms with E-state index < -0.39 is 12.6 Å². The summed E-state index contributed by atoms with van der Waals surface area (Å²) < 4.78 is 21.4. The van der Waals surface area contributed by atoms with Crippen LogP contribution in [0.4, 0.5) is 4.39 Å². The Kier molecular flexibility index (Phi) is 7.53. The molecule has 0 aliphatic rings. The van der Waals surface area contributed by atoms with Crippen LogP contribution < -0.4 is 4.74 Å². The lowest BCUT2D eigenvalue weighted by molar-refractivity contribution is -0.137. The highest BCUT2D eigenvalue weighted by atomic mass is 19.1. The molecule has 0 radical (unpaired) electrons. The summed E-state index contributed by atoms with van der Waals surface area (Å²) in [4.78, 5) is 11.1. The molecule has 1 N–H and O–H groups in total. The van der Waals surface area contributed by atoms with E-state index in [0.29, 0.717) is 24.0 Å². The smallest absolute Gasteiger partial charge is 0.304 e. The van der Waals surface area contributed by atoms with E-state index in [-0.39, 0.29) is 12.3 Å². The van der Waals surface area contributed by atoms with Gasteiger partial charge in [-0.05, 0) is 48.6 Å². The molecule has 2 aromatic carbocycles. The van der Waals surface area contributed by atoms with Crippen LogP contribution in [0.2, 0.25) is 0 Å². The second-order valence-corrected chi connectivity index (χ2v) is 8.30. The number of hydrogen-bond acceptors (Lipinski definition) is 3. The van der Waals surface area contributed by atoms with Gasteiger partial charge < -0.3 is 9.84 Å². The first-order chi connectivity index (χ1) is 15.3. The highest BCUT2D eigenvalue weighted by Crippen LogP contribution is 2.28. The fourth-order valence-electron chi connectivity index (χ4n) is 3.85. The third-order valence-corrected chi connectivity index (χ3v) is 5.39. The minimum atomic E-state index is -0.878. The number of alkyl halides is 1. The maximum absolute atomic E-state index is 13.5. The number of halogens is 1. The molecular weight excluding hydrogens is 407 g/mol. The molecule has 3 aromatic rings. The van der Waals surface area contributed by atoms with Crippen molar-refractivity contribution >= 4 is 16.9 Å². The molecule has 0 amide bonds. The fraction of sp³-hybridized carbons (Fsp3) is 0.385. The first-order valence-corrected chi connectivity index (χ1v) is 10.7. The minimum absolute atomic E-state index is 0.0365. The third kappa shape index (κ3) is 5.28. The number of carboxylic acid groups (broad SMARTS) is 1. The molecule has 168 valence electrons. The number of carbonyl (C=O) groups is 1. The first kappa shape index (κ1) is 23.3. The van der Waals surface area contributed by atoms with Crippen molar-refractivity contribution in [2.24, 2.45) is 5.92 Å². The summed E-state index contributed by atoms with van der Waals surface area (Å²) in [6, 6.07) is 11.3. The molecule has 5 nitrogen and oxygen atoms in total. The van der Waals surface area contributed by atoms with Crippen LogP contribution in [0.25, 0.3) is 10.9 Å². The lowest BCUT2D eigenvalue weighted by Crippen LogP contribution is -2.08. The predicted molar refractivity (Wildman–Crippen MR) is 123 cm³/mol. The zero-order chi connectivity index (χ0) is 23.3. The van der Waals surface area contributed by atoms with E-state index in [2.05, 4.69) is 30.8 Å². The van der Waals surface area contributed by atoms with E-state index in [1.807, 2.05) is 48.0 Å². The van der Waals surface area contributed by atoms with Crippen molar-refractivity contribution in [2.45, 2.75) is 59.9 Å². The number of fused-ring (bicyclic) bond motifs is 1. The van der Waals surface area contributed by atoms with Crippen LogP contribution in [0.15, 0.2) is 36.4 Å². The van der Waals surface area contributed by atoms with Crippen LogP contribution in [-0.4, -0.2) is 20.9 Å². The van der Waals surface area contributed by atoms with Gasteiger partial charge in [0.1, 0.15) is 24.7 Å². The Morgan fingerprint density at radius 2 is 1.94 bits per heavy atom. The molecule has 0 saturated heterocycles. The summed E-state index contributed by atoms with van der Waals surface area (Å²) in [5, 5.41) is 14.4. The van der Waals surface area contributed by atoms with Crippen LogP contribution in [0, 0.1) is 24.7 Å². The van der Waals surface area contributed by atoms with Crippen molar-refractivity contribution in [3.63, 3.8) is 0 Å². The quantitative estimate of drug-likeness (QED) is 0.442. The monoisotopic (exact) mass is 436 g/mol. The number of aromatic nitrogens is 2. The van der Waals surface area contributed by atoms with Crippen LogP contribution in [0.1, 0.15) is 55.5 Å². The van der Waals surface area contributed by atoms with Gasteiger partial charge in [0.25, 0.3) is 0 Å². The molecule has 0 spiro atoms. The number of ether oxygens (including phenoxy) is 1. The molecule has 1 atom stereocenters. The van der Waals surface area contributed by atoms with Gasteiger partial charge in [0.15, 0.2) is 0 Å². The van der Waals surface area contributed by atoms with Crippen molar-refractivity contribution in [3.05, 3.63) is 58.8 Å². The highest BCUT2D eigenvalue weighted by Gasteiger charge is 2.16. The number of carboxylic acids is 1. The molecular formula is C26H29FN2O3. The summed E-state index contributed by atoms with van der Waals surface area (Å²) in [5.74, 6) is 5.61. The summed E-state index contributed by atoms with van der Waals surface area (Å²) >= 11 is 0. The van der Waals surface area contributed by atoms with Gasteiger partial charge in [0.05, 0.1) is 17.9 Å². The van der Waals surface area contributed by atoms with Crippen molar-refractivity contribution in [2.75, 3.05) is 0 Å². The standard InChI is InChI=1S/C26H29FN2O3/c1-5-6-20(13-25(30)31)19-7-10-22(11-8-19)32-16-21-9-12-23-24(14-27)28-29(15-17(2)3)26(23)18(21)4/h7-12,17,20H,13-16H2,1-4H3,(H,30,31). The van der Waals surface area contributed by atoms with Crippen molar-refractivity contribution in [1.29, 1.82) is 0 Å². The van der Waals surface area contributed by atoms with Gasteiger partial charge in [-0.3, -0.25) is 9.48 Å². The van der Waals surface area contributed by atoms with Gasteiger partial charge in [-0.15, -0.1) is 5.92 Å². The summed E-state index contributed by atoms with van der Waals surface area (Å²) in [6.07, 6.45) is -0.0365. The molecule has 1 heterocycles. The maximum atomic E-state index is 13.5. The number of nitrogens with zero attached hydrogens (tertiary/aromatic N) is 2. The molecule has 6 heteroatoms.